The van der Waals surface area contributed by atoms with Crippen molar-refractivity contribution in [3.63, 3.8) is 0 Å². The third kappa shape index (κ3) is 5.13. The Morgan fingerprint density at radius 3 is 2.54 bits per heavy atom. The van der Waals surface area contributed by atoms with Crippen molar-refractivity contribution in [3.05, 3.63) is 64.7 Å². The van der Waals surface area contributed by atoms with E-state index in [0.717, 1.165) is 23.1 Å². The molecule has 2 unspecified atom stereocenters. The molecule has 3 rings (SSSR count). The Morgan fingerprint density at radius 1 is 1.18 bits per heavy atom. The van der Waals surface area contributed by atoms with Crippen LogP contribution in [0.25, 0.3) is 0 Å². The van der Waals surface area contributed by atoms with Crippen molar-refractivity contribution in [3.8, 4) is 5.75 Å². The van der Waals surface area contributed by atoms with Crippen molar-refractivity contribution in [1.82, 2.24) is 5.32 Å². The molecule has 28 heavy (non-hydrogen) atoms. The number of nitrogens with one attached hydrogen (secondary N) is 1. The highest BCUT2D eigenvalue weighted by Gasteiger charge is 2.31. The predicted octanol–water partition coefficient (Wildman–Crippen LogP) is 3.16. The van der Waals surface area contributed by atoms with Crippen molar-refractivity contribution >= 4 is 9.84 Å². The molecule has 0 aliphatic heterocycles. The van der Waals surface area contributed by atoms with Crippen LogP contribution in [0.15, 0.2) is 42.5 Å². The second kappa shape index (κ2) is 8.64. The predicted molar refractivity (Wildman–Crippen MR) is 111 cm³/mol. The maximum Gasteiger partial charge on any atom is 0.151 e. The lowest BCUT2D eigenvalue weighted by atomic mass is 9.83. The molecule has 0 bridgehead atoms. The lowest BCUT2D eigenvalue weighted by molar-refractivity contribution is 0.110. The molecule has 6 heteroatoms. The molecule has 2 atom stereocenters. The van der Waals surface area contributed by atoms with Crippen LogP contribution in [-0.2, 0) is 28.6 Å². The summed E-state index contributed by atoms with van der Waals surface area (Å²) in [5, 5.41) is 14.2. The molecule has 0 saturated heterocycles. The molecular formula is C22H29NO4S. The summed E-state index contributed by atoms with van der Waals surface area (Å²) in [6.45, 7) is 4.48. The summed E-state index contributed by atoms with van der Waals surface area (Å²) in [6, 6.07) is 13.7. The molecule has 0 fully saturated rings. The molecule has 2 N–H and O–H groups in total. The SMILES string of the molecule is CC(C)NC1CCc2c(ccc(OCc3ccccc3)c2CS(C)(=O)=O)C1O. The van der Waals surface area contributed by atoms with E-state index in [1.54, 1.807) is 6.07 Å². The summed E-state index contributed by atoms with van der Waals surface area (Å²) >= 11 is 0. The van der Waals surface area contributed by atoms with Crippen LogP contribution < -0.4 is 10.1 Å². The van der Waals surface area contributed by atoms with E-state index in [0.29, 0.717) is 24.3 Å². The summed E-state index contributed by atoms with van der Waals surface area (Å²) in [7, 11) is -3.24. The Labute approximate surface area is 167 Å². The molecule has 1 aliphatic rings. The van der Waals surface area contributed by atoms with Crippen LogP contribution in [0.2, 0.25) is 0 Å². The molecule has 0 amide bonds. The zero-order valence-corrected chi connectivity index (χ0v) is 17.5. The second-order valence-corrected chi connectivity index (χ2v) is 10.0. The van der Waals surface area contributed by atoms with E-state index in [-0.39, 0.29) is 17.8 Å². The van der Waals surface area contributed by atoms with Gasteiger partial charge in [0.2, 0.25) is 0 Å². The molecule has 0 radical (unpaired) electrons. The van der Waals surface area contributed by atoms with Crippen LogP contribution >= 0.6 is 0 Å². The number of benzene rings is 2. The van der Waals surface area contributed by atoms with Gasteiger partial charge in [-0.15, -0.1) is 0 Å². The lowest BCUT2D eigenvalue weighted by Crippen LogP contribution is -2.42. The highest BCUT2D eigenvalue weighted by molar-refractivity contribution is 7.89. The molecule has 0 saturated carbocycles. The first-order valence-electron chi connectivity index (χ1n) is 9.68. The molecule has 2 aromatic carbocycles. The zero-order valence-electron chi connectivity index (χ0n) is 16.7. The number of ether oxygens (including phenoxy) is 1. The number of rotatable bonds is 7. The monoisotopic (exact) mass is 403 g/mol. The van der Waals surface area contributed by atoms with Crippen molar-refractivity contribution in [2.45, 2.75) is 57.2 Å². The van der Waals surface area contributed by atoms with Gasteiger partial charge in [0.15, 0.2) is 9.84 Å². The Kier molecular flexibility index (Phi) is 6.43. The lowest BCUT2D eigenvalue weighted by Gasteiger charge is -2.34. The molecule has 0 aromatic heterocycles. The fourth-order valence-electron chi connectivity index (χ4n) is 3.83. The maximum atomic E-state index is 12.1. The molecule has 5 nitrogen and oxygen atoms in total. The number of sulfone groups is 1. The highest BCUT2D eigenvalue weighted by Crippen LogP contribution is 2.37. The molecule has 1 aliphatic carbocycles. The summed E-state index contributed by atoms with van der Waals surface area (Å²) in [5.41, 5.74) is 3.41. The minimum atomic E-state index is -3.24. The first-order valence-corrected chi connectivity index (χ1v) is 11.7. The quantitative estimate of drug-likeness (QED) is 0.743. The van der Waals surface area contributed by atoms with Gasteiger partial charge < -0.3 is 15.2 Å². The van der Waals surface area contributed by atoms with Gasteiger partial charge in [-0.05, 0) is 35.6 Å². The van der Waals surface area contributed by atoms with Gasteiger partial charge in [-0.3, -0.25) is 0 Å². The van der Waals surface area contributed by atoms with E-state index >= 15 is 0 Å². The average molecular weight is 404 g/mol. The summed E-state index contributed by atoms with van der Waals surface area (Å²) < 4.78 is 30.1. The van der Waals surface area contributed by atoms with Gasteiger partial charge in [0.05, 0.1) is 11.9 Å². The fourth-order valence-corrected chi connectivity index (χ4v) is 4.67. The molecule has 2 aromatic rings. The standard InChI is InChI=1S/C22H29NO4S/c1-15(2)23-20-11-9-17-18(22(20)24)10-12-21(19(17)14-28(3,25)26)27-13-16-7-5-4-6-8-16/h4-8,10,12,15,20,22-24H,9,11,13-14H2,1-3H3. The normalized spacial score (nSPS) is 19.5. The Hall–Kier alpha value is -1.89. The Balaban J connectivity index is 1.93. The minimum Gasteiger partial charge on any atom is -0.489 e. The van der Waals surface area contributed by atoms with Crippen molar-refractivity contribution in [1.29, 1.82) is 0 Å². The molecule has 152 valence electrons. The van der Waals surface area contributed by atoms with Gasteiger partial charge in [-0.25, -0.2) is 8.42 Å². The van der Waals surface area contributed by atoms with Crippen LogP contribution in [0, 0.1) is 0 Å². The minimum absolute atomic E-state index is 0.0327. The Bertz CT molecular complexity index is 910. The highest BCUT2D eigenvalue weighted by atomic mass is 32.2. The van der Waals surface area contributed by atoms with Crippen LogP contribution in [0.3, 0.4) is 0 Å². The first-order chi connectivity index (χ1) is 13.2. The Morgan fingerprint density at radius 2 is 1.89 bits per heavy atom. The smallest absolute Gasteiger partial charge is 0.151 e. The van der Waals surface area contributed by atoms with Crippen LogP contribution in [0.4, 0.5) is 0 Å². The number of hydrogen-bond acceptors (Lipinski definition) is 5. The zero-order chi connectivity index (χ0) is 20.3. The molecular weight excluding hydrogens is 374 g/mol. The van der Waals surface area contributed by atoms with E-state index in [4.69, 9.17) is 4.74 Å². The molecule has 0 spiro atoms. The number of aliphatic hydroxyl groups is 1. The van der Waals surface area contributed by atoms with Crippen LogP contribution in [0.1, 0.15) is 48.6 Å². The van der Waals surface area contributed by atoms with Crippen LogP contribution in [-0.4, -0.2) is 31.9 Å². The van der Waals surface area contributed by atoms with E-state index in [1.807, 2.05) is 36.4 Å². The third-order valence-corrected chi connectivity index (χ3v) is 5.83. The fraction of sp³-hybridized carbons (Fsp3) is 0.455. The van der Waals surface area contributed by atoms with Crippen molar-refractivity contribution < 1.29 is 18.3 Å². The molecule has 0 heterocycles. The number of fused-ring (bicyclic) bond motifs is 1. The average Bonchev–Trinajstić information content (AvgIpc) is 2.63. The van der Waals surface area contributed by atoms with Crippen molar-refractivity contribution in [2.24, 2.45) is 0 Å². The third-order valence-electron chi connectivity index (χ3n) is 5.02. The van der Waals surface area contributed by atoms with E-state index in [2.05, 4.69) is 19.2 Å². The summed E-state index contributed by atoms with van der Waals surface area (Å²) in [4.78, 5) is 0. The maximum absolute atomic E-state index is 12.1. The number of hydrogen-bond donors (Lipinski definition) is 2. The van der Waals surface area contributed by atoms with Gasteiger partial charge in [0, 0.05) is 23.9 Å². The van der Waals surface area contributed by atoms with Gasteiger partial charge in [0.1, 0.15) is 12.4 Å². The van der Waals surface area contributed by atoms with Gasteiger partial charge >= 0.3 is 0 Å². The summed E-state index contributed by atoms with van der Waals surface area (Å²) in [5.74, 6) is 0.491. The second-order valence-electron chi connectivity index (χ2n) is 7.87. The van der Waals surface area contributed by atoms with E-state index < -0.39 is 15.9 Å². The van der Waals surface area contributed by atoms with E-state index in [1.165, 1.54) is 6.26 Å². The van der Waals surface area contributed by atoms with Gasteiger partial charge in [-0.1, -0.05) is 50.2 Å². The van der Waals surface area contributed by atoms with Crippen molar-refractivity contribution in [2.75, 3.05) is 6.26 Å². The summed E-state index contributed by atoms with van der Waals surface area (Å²) in [6.07, 6.45) is 2.04. The van der Waals surface area contributed by atoms with E-state index in [9.17, 15) is 13.5 Å². The topological polar surface area (TPSA) is 75.6 Å². The number of aliphatic hydroxyl groups excluding tert-OH is 1. The van der Waals surface area contributed by atoms with Gasteiger partial charge in [0.25, 0.3) is 0 Å². The largest absolute Gasteiger partial charge is 0.489 e. The van der Waals surface area contributed by atoms with Gasteiger partial charge in [-0.2, -0.15) is 0 Å². The van der Waals surface area contributed by atoms with Crippen LogP contribution in [0.5, 0.6) is 5.75 Å². The first kappa shape index (κ1) is 20.8.